The number of nitrogens with two attached hydrogens (primary N) is 1. The third-order valence-electron chi connectivity index (χ3n) is 2.69. The van der Waals surface area contributed by atoms with Gasteiger partial charge in [-0.25, -0.2) is 0 Å². The molecule has 0 heterocycles. The van der Waals surface area contributed by atoms with Gasteiger partial charge in [-0.15, -0.1) is 0 Å². The average molecular weight is 249 g/mol. The fraction of sp³-hybridized carbons (Fsp3) is 0.385. The maximum absolute atomic E-state index is 11.7. The van der Waals surface area contributed by atoms with Gasteiger partial charge in [0.2, 0.25) is 11.8 Å². The lowest BCUT2D eigenvalue weighted by molar-refractivity contribution is -0.133. The summed E-state index contributed by atoms with van der Waals surface area (Å²) in [5, 5.41) is 2.81. The molecule has 2 amide bonds. The van der Waals surface area contributed by atoms with Crippen LogP contribution in [0.25, 0.3) is 0 Å². The summed E-state index contributed by atoms with van der Waals surface area (Å²) >= 11 is 0. The monoisotopic (exact) mass is 249 g/mol. The zero-order valence-corrected chi connectivity index (χ0v) is 10.7. The molecule has 0 bridgehead atoms. The van der Waals surface area contributed by atoms with Gasteiger partial charge >= 0.3 is 0 Å². The van der Waals surface area contributed by atoms with E-state index in [0.717, 1.165) is 5.56 Å². The molecule has 0 aliphatic heterocycles. The first-order valence-corrected chi connectivity index (χ1v) is 5.80. The van der Waals surface area contributed by atoms with Crippen molar-refractivity contribution < 1.29 is 9.59 Å². The molecule has 3 N–H and O–H groups in total. The number of carbonyl (C=O) groups is 2. The van der Waals surface area contributed by atoms with Gasteiger partial charge in [-0.2, -0.15) is 0 Å². The van der Waals surface area contributed by atoms with E-state index in [4.69, 9.17) is 5.73 Å². The lowest BCUT2D eigenvalue weighted by Gasteiger charge is -2.20. The number of hydrogen-bond acceptors (Lipinski definition) is 3. The Bertz CT molecular complexity index is 406. The largest absolute Gasteiger partial charge is 0.346 e. The van der Waals surface area contributed by atoms with Crippen LogP contribution in [0, 0.1) is 0 Å². The van der Waals surface area contributed by atoms with E-state index in [1.165, 1.54) is 11.8 Å². The minimum absolute atomic E-state index is 0.0403. The molecular formula is C13H19N3O2. The lowest BCUT2D eigenvalue weighted by atomic mass is 10.1. The second-order valence-electron chi connectivity index (χ2n) is 4.14. The molecule has 0 radical (unpaired) electrons. The van der Waals surface area contributed by atoms with Gasteiger partial charge in [-0.3, -0.25) is 9.59 Å². The standard InChI is InChI=1S/C13H19N3O2/c1-10(17)16(2)9-13(18)15-12(8-14)11-6-4-3-5-7-11/h3-7,12H,8-9,14H2,1-2H3,(H,15,18)/t12-/m1/s1. The van der Waals surface area contributed by atoms with Crippen molar-refractivity contribution in [3.8, 4) is 0 Å². The molecule has 98 valence electrons. The summed E-state index contributed by atoms with van der Waals surface area (Å²) in [7, 11) is 1.59. The first kappa shape index (κ1) is 14.2. The second-order valence-corrected chi connectivity index (χ2v) is 4.14. The predicted octanol–water partition coefficient (Wildman–Crippen LogP) is 0.281. The smallest absolute Gasteiger partial charge is 0.240 e. The van der Waals surface area contributed by atoms with Gasteiger partial charge in [-0.1, -0.05) is 30.3 Å². The number of carbonyl (C=O) groups excluding carboxylic acids is 2. The Kier molecular flexibility index (Phi) is 5.32. The maximum atomic E-state index is 11.7. The third kappa shape index (κ3) is 4.18. The molecule has 0 saturated heterocycles. The van der Waals surface area contributed by atoms with Crippen LogP contribution in [-0.4, -0.2) is 36.9 Å². The molecule has 18 heavy (non-hydrogen) atoms. The summed E-state index contributed by atoms with van der Waals surface area (Å²) < 4.78 is 0. The normalized spacial score (nSPS) is 11.7. The fourth-order valence-electron chi connectivity index (χ4n) is 1.53. The molecule has 1 aromatic rings. The summed E-state index contributed by atoms with van der Waals surface area (Å²) in [5.41, 5.74) is 6.61. The molecular weight excluding hydrogens is 230 g/mol. The van der Waals surface area contributed by atoms with Crippen molar-refractivity contribution in [3.05, 3.63) is 35.9 Å². The number of rotatable bonds is 5. The molecule has 0 fully saturated rings. The third-order valence-corrected chi connectivity index (χ3v) is 2.69. The number of amides is 2. The number of nitrogens with one attached hydrogen (secondary N) is 1. The lowest BCUT2D eigenvalue weighted by Crippen LogP contribution is -2.40. The van der Waals surface area contributed by atoms with E-state index in [-0.39, 0.29) is 24.4 Å². The van der Waals surface area contributed by atoms with Gasteiger partial charge in [0.05, 0.1) is 12.6 Å². The summed E-state index contributed by atoms with van der Waals surface area (Å²) in [4.78, 5) is 24.1. The minimum Gasteiger partial charge on any atom is -0.346 e. The Labute approximate surface area is 107 Å². The van der Waals surface area contributed by atoms with Crippen LogP contribution in [0.3, 0.4) is 0 Å². The first-order chi connectivity index (χ1) is 8.54. The molecule has 1 atom stereocenters. The predicted molar refractivity (Wildman–Crippen MR) is 69.7 cm³/mol. The molecule has 0 aliphatic rings. The van der Waals surface area contributed by atoms with Crippen molar-refractivity contribution in [2.75, 3.05) is 20.1 Å². The molecule has 1 rings (SSSR count). The van der Waals surface area contributed by atoms with Crippen LogP contribution in [-0.2, 0) is 9.59 Å². The molecule has 5 nitrogen and oxygen atoms in total. The molecule has 0 unspecified atom stereocenters. The highest BCUT2D eigenvalue weighted by Gasteiger charge is 2.14. The Morgan fingerprint density at radius 3 is 2.44 bits per heavy atom. The van der Waals surface area contributed by atoms with Gasteiger partial charge in [0, 0.05) is 20.5 Å². The number of nitrogens with zero attached hydrogens (tertiary/aromatic N) is 1. The molecule has 0 aromatic heterocycles. The van der Waals surface area contributed by atoms with E-state index in [2.05, 4.69) is 5.32 Å². The van der Waals surface area contributed by atoms with Crippen LogP contribution in [0.15, 0.2) is 30.3 Å². The molecule has 5 heteroatoms. The number of hydrogen-bond donors (Lipinski definition) is 2. The molecule has 0 aliphatic carbocycles. The average Bonchev–Trinajstić information content (AvgIpc) is 2.36. The summed E-state index contributed by atoms with van der Waals surface area (Å²) in [5.74, 6) is -0.360. The zero-order chi connectivity index (χ0) is 13.5. The van der Waals surface area contributed by atoms with Crippen molar-refractivity contribution in [2.45, 2.75) is 13.0 Å². The van der Waals surface area contributed by atoms with Gasteiger partial charge in [-0.05, 0) is 5.56 Å². The first-order valence-electron chi connectivity index (χ1n) is 5.80. The Balaban J connectivity index is 2.59. The van der Waals surface area contributed by atoms with Crippen LogP contribution in [0.1, 0.15) is 18.5 Å². The van der Waals surface area contributed by atoms with Gasteiger partial charge < -0.3 is 16.0 Å². The van der Waals surface area contributed by atoms with Crippen LogP contribution < -0.4 is 11.1 Å². The van der Waals surface area contributed by atoms with Crippen molar-refractivity contribution in [1.82, 2.24) is 10.2 Å². The van der Waals surface area contributed by atoms with Gasteiger partial charge in [0.1, 0.15) is 0 Å². The Morgan fingerprint density at radius 1 is 1.33 bits per heavy atom. The van der Waals surface area contributed by atoms with Gasteiger partial charge in [0.25, 0.3) is 0 Å². The van der Waals surface area contributed by atoms with Crippen molar-refractivity contribution in [1.29, 1.82) is 0 Å². The topological polar surface area (TPSA) is 75.4 Å². The van der Waals surface area contributed by atoms with E-state index in [1.54, 1.807) is 7.05 Å². The van der Waals surface area contributed by atoms with E-state index in [0.29, 0.717) is 6.54 Å². The maximum Gasteiger partial charge on any atom is 0.240 e. The highest BCUT2D eigenvalue weighted by atomic mass is 16.2. The Morgan fingerprint density at radius 2 is 1.94 bits per heavy atom. The molecule has 1 aromatic carbocycles. The van der Waals surface area contributed by atoms with Crippen molar-refractivity contribution in [2.24, 2.45) is 5.73 Å². The second kappa shape index (κ2) is 6.76. The highest BCUT2D eigenvalue weighted by molar-refractivity contribution is 5.83. The summed E-state index contributed by atoms with van der Waals surface area (Å²) in [6.07, 6.45) is 0. The Hall–Kier alpha value is -1.88. The van der Waals surface area contributed by atoms with Crippen LogP contribution in [0.4, 0.5) is 0 Å². The SMILES string of the molecule is CC(=O)N(C)CC(=O)N[C@H](CN)c1ccccc1. The zero-order valence-electron chi connectivity index (χ0n) is 10.7. The van der Waals surface area contributed by atoms with Crippen molar-refractivity contribution in [3.63, 3.8) is 0 Å². The minimum atomic E-state index is -0.223. The van der Waals surface area contributed by atoms with E-state index < -0.39 is 0 Å². The van der Waals surface area contributed by atoms with Gasteiger partial charge in [0.15, 0.2) is 0 Å². The van der Waals surface area contributed by atoms with E-state index in [1.807, 2.05) is 30.3 Å². The summed E-state index contributed by atoms with van der Waals surface area (Å²) in [6, 6.07) is 9.29. The highest BCUT2D eigenvalue weighted by Crippen LogP contribution is 2.10. The number of likely N-dealkylation sites (N-methyl/N-ethyl adjacent to an activating group) is 1. The fourth-order valence-corrected chi connectivity index (χ4v) is 1.53. The molecule has 0 spiro atoms. The van der Waals surface area contributed by atoms with E-state index in [9.17, 15) is 9.59 Å². The molecule has 0 saturated carbocycles. The van der Waals surface area contributed by atoms with Crippen LogP contribution in [0.2, 0.25) is 0 Å². The van der Waals surface area contributed by atoms with Crippen molar-refractivity contribution >= 4 is 11.8 Å². The van der Waals surface area contributed by atoms with E-state index >= 15 is 0 Å². The van der Waals surface area contributed by atoms with Crippen LogP contribution in [0.5, 0.6) is 0 Å². The quantitative estimate of drug-likeness (QED) is 0.787. The van der Waals surface area contributed by atoms with Crippen LogP contribution >= 0.6 is 0 Å². The number of benzene rings is 1. The summed E-state index contributed by atoms with van der Waals surface area (Å²) in [6.45, 7) is 1.78.